The van der Waals surface area contributed by atoms with Crippen LogP contribution < -0.4 is 4.90 Å². The van der Waals surface area contributed by atoms with Crippen molar-refractivity contribution < 1.29 is 4.74 Å². The van der Waals surface area contributed by atoms with Gasteiger partial charge in [0.25, 0.3) is 0 Å². The second-order valence-corrected chi connectivity index (χ2v) is 5.07. The molecule has 0 radical (unpaired) electrons. The topological polar surface area (TPSA) is 12.5 Å². The number of rotatable bonds is 2. The van der Waals surface area contributed by atoms with E-state index in [0.717, 1.165) is 26.3 Å². The molecule has 2 aromatic rings. The van der Waals surface area contributed by atoms with E-state index in [9.17, 15) is 0 Å². The minimum atomic E-state index is 0.840. The Morgan fingerprint density at radius 2 is 1.76 bits per heavy atom. The van der Waals surface area contributed by atoms with Crippen molar-refractivity contribution in [2.45, 2.75) is 0 Å². The Bertz CT molecular complexity index is 457. The molecule has 1 fully saturated rings. The molecule has 3 rings (SSSR count). The van der Waals surface area contributed by atoms with Gasteiger partial charge in [0.1, 0.15) is 0 Å². The molecule has 0 aliphatic carbocycles. The van der Waals surface area contributed by atoms with E-state index in [2.05, 4.69) is 46.7 Å². The van der Waals surface area contributed by atoms with Crippen LogP contribution in [0.2, 0.25) is 0 Å². The van der Waals surface area contributed by atoms with Gasteiger partial charge in [0.05, 0.1) is 13.2 Å². The van der Waals surface area contributed by atoms with E-state index in [-0.39, 0.29) is 0 Å². The predicted molar refractivity (Wildman–Crippen MR) is 72.8 cm³/mol. The van der Waals surface area contributed by atoms with Crippen molar-refractivity contribution in [3.8, 4) is 10.4 Å². The number of ether oxygens (including phenoxy) is 1. The lowest BCUT2D eigenvalue weighted by atomic mass is 10.1. The first-order valence-corrected chi connectivity index (χ1v) is 6.78. The van der Waals surface area contributed by atoms with Gasteiger partial charge in [-0.25, -0.2) is 0 Å². The van der Waals surface area contributed by atoms with Crippen molar-refractivity contribution in [3.05, 3.63) is 41.8 Å². The summed E-state index contributed by atoms with van der Waals surface area (Å²) in [5.41, 5.74) is 2.60. The smallest absolute Gasteiger partial charge is 0.0642 e. The van der Waals surface area contributed by atoms with Crippen LogP contribution in [-0.4, -0.2) is 26.3 Å². The normalized spacial score (nSPS) is 16.1. The van der Waals surface area contributed by atoms with E-state index < -0.39 is 0 Å². The number of morpholine rings is 1. The predicted octanol–water partition coefficient (Wildman–Crippen LogP) is 3.25. The standard InChI is InChI=1S/C14H15NOS/c1-2-14(17-11-1)12-3-5-13(6-4-12)15-7-9-16-10-8-15/h1-6,11H,7-10H2. The highest BCUT2D eigenvalue weighted by molar-refractivity contribution is 7.13. The molecule has 1 aromatic carbocycles. The van der Waals surface area contributed by atoms with Crippen molar-refractivity contribution in [2.75, 3.05) is 31.2 Å². The van der Waals surface area contributed by atoms with Crippen LogP contribution in [0.15, 0.2) is 41.8 Å². The van der Waals surface area contributed by atoms with Crippen LogP contribution in [0, 0.1) is 0 Å². The van der Waals surface area contributed by atoms with E-state index in [0.29, 0.717) is 0 Å². The SMILES string of the molecule is c1csc(-c2ccc(N3CCOCC3)cc2)c1. The molecule has 2 heterocycles. The van der Waals surface area contributed by atoms with Gasteiger partial charge in [-0.3, -0.25) is 0 Å². The molecule has 0 spiro atoms. The summed E-state index contributed by atoms with van der Waals surface area (Å²) in [6.45, 7) is 3.68. The second kappa shape index (κ2) is 4.90. The molecule has 0 saturated carbocycles. The molecule has 17 heavy (non-hydrogen) atoms. The second-order valence-electron chi connectivity index (χ2n) is 4.12. The molecule has 0 amide bonds. The third kappa shape index (κ3) is 2.35. The van der Waals surface area contributed by atoms with Crippen molar-refractivity contribution >= 4 is 17.0 Å². The van der Waals surface area contributed by atoms with Crippen LogP contribution in [0.3, 0.4) is 0 Å². The number of benzene rings is 1. The molecule has 1 aliphatic heterocycles. The van der Waals surface area contributed by atoms with Crippen LogP contribution in [-0.2, 0) is 4.74 Å². The van der Waals surface area contributed by atoms with Gasteiger partial charge >= 0.3 is 0 Å². The van der Waals surface area contributed by atoms with Gasteiger partial charge in [-0.1, -0.05) is 18.2 Å². The van der Waals surface area contributed by atoms with Crippen LogP contribution in [0.25, 0.3) is 10.4 Å². The maximum absolute atomic E-state index is 5.36. The molecule has 1 aliphatic rings. The first kappa shape index (κ1) is 10.8. The zero-order valence-corrected chi connectivity index (χ0v) is 10.5. The fourth-order valence-electron chi connectivity index (χ4n) is 2.10. The third-order valence-corrected chi connectivity index (χ3v) is 3.97. The van der Waals surface area contributed by atoms with Crippen LogP contribution in [0.1, 0.15) is 0 Å². The Kier molecular flexibility index (Phi) is 3.12. The Hall–Kier alpha value is -1.32. The summed E-state index contributed by atoms with van der Waals surface area (Å²) in [6, 6.07) is 13.1. The van der Waals surface area contributed by atoms with E-state index >= 15 is 0 Å². The Morgan fingerprint density at radius 1 is 1.00 bits per heavy atom. The fraction of sp³-hybridized carbons (Fsp3) is 0.286. The molecule has 88 valence electrons. The zero-order valence-electron chi connectivity index (χ0n) is 9.63. The number of thiophene rings is 1. The Labute approximate surface area is 105 Å². The molecule has 0 atom stereocenters. The van der Waals surface area contributed by atoms with Crippen LogP contribution in [0.5, 0.6) is 0 Å². The number of hydrogen-bond donors (Lipinski definition) is 0. The summed E-state index contributed by atoms with van der Waals surface area (Å²) >= 11 is 1.78. The summed E-state index contributed by atoms with van der Waals surface area (Å²) < 4.78 is 5.36. The fourth-order valence-corrected chi connectivity index (χ4v) is 2.83. The van der Waals surface area contributed by atoms with Crippen molar-refractivity contribution in [1.82, 2.24) is 0 Å². The lowest BCUT2D eigenvalue weighted by molar-refractivity contribution is 0.122. The highest BCUT2D eigenvalue weighted by atomic mass is 32.1. The van der Waals surface area contributed by atoms with Crippen LogP contribution in [0.4, 0.5) is 5.69 Å². The highest BCUT2D eigenvalue weighted by Gasteiger charge is 2.10. The largest absolute Gasteiger partial charge is 0.378 e. The molecular weight excluding hydrogens is 230 g/mol. The lowest BCUT2D eigenvalue weighted by Gasteiger charge is -2.28. The van der Waals surface area contributed by atoms with Crippen molar-refractivity contribution in [1.29, 1.82) is 0 Å². The molecular formula is C14H15NOS. The number of hydrogen-bond acceptors (Lipinski definition) is 3. The van der Waals surface area contributed by atoms with E-state index in [1.165, 1.54) is 16.1 Å². The van der Waals surface area contributed by atoms with Gasteiger partial charge in [-0.15, -0.1) is 11.3 Å². The molecule has 0 unspecified atom stereocenters. The van der Waals surface area contributed by atoms with E-state index in [4.69, 9.17) is 4.74 Å². The number of nitrogens with zero attached hydrogens (tertiary/aromatic N) is 1. The summed E-state index contributed by atoms with van der Waals surface area (Å²) in [5, 5.41) is 2.12. The Morgan fingerprint density at radius 3 is 2.41 bits per heavy atom. The summed E-state index contributed by atoms with van der Waals surface area (Å²) in [7, 11) is 0. The van der Waals surface area contributed by atoms with Crippen LogP contribution >= 0.6 is 11.3 Å². The molecule has 3 heteroatoms. The van der Waals surface area contributed by atoms with Gasteiger partial charge in [0.15, 0.2) is 0 Å². The molecule has 0 bridgehead atoms. The summed E-state index contributed by atoms with van der Waals surface area (Å²) in [4.78, 5) is 3.71. The highest BCUT2D eigenvalue weighted by Crippen LogP contribution is 2.27. The van der Waals surface area contributed by atoms with Gasteiger partial charge in [0.2, 0.25) is 0 Å². The summed E-state index contributed by atoms with van der Waals surface area (Å²) in [6.07, 6.45) is 0. The summed E-state index contributed by atoms with van der Waals surface area (Å²) in [5.74, 6) is 0. The maximum Gasteiger partial charge on any atom is 0.0642 e. The zero-order chi connectivity index (χ0) is 11.5. The van der Waals surface area contributed by atoms with Gasteiger partial charge in [-0.05, 0) is 29.1 Å². The molecule has 2 nitrogen and oxygen atoms in total. The molecule has 0 N–H and O–H groups in total. The third-order valence-electron chi connectivity index (χ3n) is 3.05. The average molecular weight is 245 g/mol. The lowest BCUT2D eigenvalue weighted by Crippen LogP contribution is -2.36. The van der Waals surface area contributed by atoms with Crippen molar-refractivity contribution in [2.24, 2.45) is 0 Å². The molecule has 1 saturated heterocycles. The Balaban J connectivity index is 1.80. The molecule has 1 aromatic heterocycles. The minimum absolute atomic E-state index is 0.840. The van der Waals surface area contributed by atoms with Gasteiger partial charge in [0, 0.05) is 23.7 Å². The van der Waals surface area contributed by atoms with Gasteiger partial charge < -0.3 is 9.64 Å². The monoisotopic (exact) mass is 245 g/mol. The minimum Gasteiger partial charge on any atom is -0.378 e. The van der Waals surface area contributed by atoms with E-state index in [1.807, 2.05) is 0 Å². The quantitative estimate of drug-likeness (QED) is 0.805. The first-order valence-electron chi connectivity index (χ1n) is 5.90. The van der Waals surface area contributed by atoms with Crippen molar-refractivity contribution in [3.63, 3.8) is 0 Å². The maximum atomic E-state index is 5.36. The van der Waals surface area contributed by atoms with E-state index in [1.54, 1.807) is 11.3 Å². The van der Waals surface area contributed by atoms with Gasteiger partial charge in [-0.2, -0.15) is 0 Å². The average Bonchev–Trinajstić information content (AvgIpc) is 2.94. The first-order chi connectivity index (χ1) is 8.43. The number of anilines is 1.